The van der Waals surface area contributed by atoms with Crippen molar-refractivity contribution in [3.63, 3.8) is 0 Å². The standard InChI is InChI=1S/C23H40O2/c1-5-14(2)17-6-7-18-16-13-21(25)20-12-15(24)8-10-23(20,4)19(16)9-11-22(17,18)3/h14-21,24-25H,5-13H2,1-4H3/t14?,15-,16?,17?,18?,19?,20+,21+,22-,23-/m1/s1. The Balaban J connectivity index is 1.62. The number of aliphatic hydroxyl groups is 2. The Hall–Kier alpha value is -0.0800. The number of aliphatic hydroxyl groups excluding tert-OH is 2. The van der Waals surface area contributed by atoms with Gasteiger partial charge in [-0.1, -0.05) is 34.1 Å². The van der Waals surface area contributed by atoms with Gasteiger partial charge in [0, 0.05) is 0 Å². The summed E-state index contributed by atoms with van der Waals surface area (Å²) in [5, 5.41) is 21.2. The van der Waals surface area contributed by atoms with Gasteiger partial charge in [-0.3, -0.25) is 0 Å². The van der Waals surface area contributed by atoms with Crippen LogP contribution in [0.25, 0.3) is 0 Å². The van der Waals surface area contributed by atoms with E-state index in [1.807, 2.05) is 0 Å². The lowest BCUT2D eigenvalue weighted by Crippen LogP contribution is -2.58. The molecule has 0 amide bonds. The Labute approximate surface area is 154 Å². The second kappa shape index (κ2) is 6.23. The first kappa shape index (κ1) is 18.3. The third-order valence-corrected chi connectivity index (χ3v) is 10.1. The lowest BCUT2D eigenvalue weighted by atomic mass is 9.44. The molecule has 4 saturated carbocycles. The minimum absolute atomic E-state index is 0.181. The van der Waals surface area contributed by atoms with Gasteiger partial charge in [0.2, 0.25) is 0 Å². The highest BCUT2D eigenvalue weighted by Crippen LogP contribution is 2.68. The summed E-state index contributed by atoms with van der Waals surface area (Å²) in [6.45, 7) is 9.90. The third kappa shape index (κ3) is 2.57. The molecule has 0 aromatic carbocycles. The van der Waals surface area contributed by atoms with Crippen molar-refractivity contribution in [2.24, 2.45) is 46.3 Å². The van der Waals surface area contributed by atoms with Crippen molar-refractivity contribution in [3.8, 4) is 0 Å². The molecule has 10 atom stereocenters. The van der Waals surface area contributed by atoms with Crippen LogP contribution in [0.2, 0.25) is 0 Å². The van der Waals surface area contributed by atoms with Crippen molar-refractivity contribution >= 4 is 0 Å². The van der Waals surface area contributed by atoms with Gasteiger partial charge in [-0.2, -0.15) is 0 Å². The molecule has 2 N–H and O–H groups in total. The van der Waals surface area contributed by atoms with Gasteiger partial charge in [0.15, 0.2) is 0 Å². The van der Waals surface area contributed by atoms with Crippen molar-refractivity contribution in [2.45, 2.75) is 97.7 Å². The fourth-order valence-corrected chi connectivity index (χ4v) is 8.54. The maximum atomic E-state index is 11.0. The zero-order chi connectivity index (χ0) is 18.0. The van der Waals surface area contributed by atoms with E-state index in [2.05, 4.69) is 27.7 Å². The smallest absolute Gasteiger partial charge is 0.0577 e. The number of hydrogen-bond donors (Lipinski definition) is 2. The second-order valence-electron chi connectivity index (χ2n) is 10.8. The molecule has 0 radical (unpaired) electrons. The van der Waals surface area contributed by atoms with Crippen LogP contribution in [0.3, 0.4) is 0 Å². The van der Waals surface area contributed by atoms with E-state index in [-0.39, 0.29) is 17.6 Å². The molecular weight excluding hydrogens is 308 g/mol. The molecular formula is C23H40O2. The molecule has 2 nitrogen and oxygen atoms in total. The van der Waals surface area contributed by atoms with E-state index in [0.717, 1.165) is 55.3 Å². The van der Waals surface area contributed by atoms with Crippen molar-refractivity contribution in [1.82, 2.24) is 0 Å². The highest BCUT2D eigenvalue weighted by Gasteiger charge is 2.62. The van der Waals surface area contributed by atoms with E-state index in [1.165, 1.54) is 32.1 Å². The molecule has 4 aliphatic rings. The Morgan fingerprint density at radius 3 is 2.28 bits per heavy atom. The molecule has 25 heavy (non-hydrogen) atoms. The summed E-state index contributed by atoms with van der Waals surface area (Å²) in [6.07, 6.45) is 10.4. The SMILES string of the molecule is CCC(C)C1CCC2C3C[C@H](O)[C@@H]4C[C@H](O)CC[C@]4(C)C3CC[C@]12C. The third-order valence-electron chi connectivity index (χ3n) is 10.1. The average molecular weight is 349 g/mol. The molecule has 144 valence electrons. The minimum Gasteiger partial charge on any atom is -0.393 e. The van der Waals surface area contributed by atoms with Gasteiger partial charge in [-0.25, -0.2) is 0 Å². The van der Waals surface area contributed by atoms with Crippen LogP contribution in [-0.4, -0.2) is 22.4 Å². The molecule has 0 bridgehead atoms. The van der Waals surface area contributed by atoms with Crippen LogP contribution in [0.15, 0.2) is 0 Å². The van der Waals surface area contributed by atoms with Crippen LogP contribution in [-0.2, 0) is 0 Å². The Kier molecular flexibility index (Phi) is 4.56. The maximum absolute atomic E-state index is 11.0. The zero-order valence-electron chi connectivity index (χ0n) is 16.9. The Morgan fingerprint density at radius 2 is 1.56 bits per heavy atom. The molecule has 0 heterocycles. The molecule has 0 aliphatic heterocycles. The second-order valence-corrected chi connectivity index (χ2v) is 10.8. The Morgan fingerprint density at radius 1 is 0.880 bits per heavy atom. The maximum Gasteiger partial charge on any atom is 0.0577 e. The molecule has 2 heteroatoms. The first-order valence-electron chi connectivity index (χ1n) is 11.2. The van der Waals surface area contributed by atoms with Crippen LogP contribution >= 0.6 is 0 Å². The van der Waals surface area contributed by atoms with Crippen LogP contribution in [0.1, 0.15) is 85.5 Å². The fourth-order valence-electron chi connectivity index (χ4n) is 8.54. The molecule has 4 aliphatic carbocycles. The van der Waals surface area contributed by atoms with Gasteiger partial charge in [0.05, 0.1) is 12.2 Å². The largest absolute Gasteiger partial charge is 0.393 e. The van der Waals surface area contributed by atoms with E-state index in [1.54, 1.807) is 0 Å². The van der Waals surface area contributed by atoms with Crippen molar-refractivity contribution in [3.05, 3.63) is 0 Å². The first-order chi connectivity index (χ1) is 11.8. The summed E-state index contributed by atoms with van der Waals surface area (Å²) in [6, 6.07) is 0. The lowest BCUT2D eigenvalue weighted by Gasteiger charge is -2.62. The topological polar surface area (TPSA) is 40.5 Å². The fraction of sp³-hybridized carbons (Fsp3) is 1.00. The monoisotopic (exact) mass is 348 g/mol. The van der Waals surface area contributed by atoms with Crippen molar-refractivity contribution in [1.29, 1.82) is 0 Å². The summed E-state index contributed by atoms with van der Waals surface area (Å²) in [7, 11) is 0. The number of hydrogen-bond acceptors (Lipinski definition) is 2. The molecule has 0 aromatic rings. The predicted molar refractivity (Wildman–Crippen MR) is 102 cm³/mol. The quantitative estimate of drug-likeness (QED) is 0.735. The summed E-state index contributed by atoms with van der Waals surface area (Å²) >= 11 is 0. The average Bonchev–Trinajstić information content (AvgIpc) is 2.93. The van der Waals surface area contributed by atoms with E-state index < -0.39 is 0 Å². The molecule has 4 rings (SSSR count). The molecule has 4 fully saturated rings. The minimum atomic E-state index is -0.189. The first-order valence-corrected chi connectivity index (χ1v) is 11.2. The lowest BCUT2D eigenvalue weighted by molar-refractivity contribution is -0.172. The summed E-state index contributed by atoms with van der Waals surface area (Å²) in [5.41, 5.74) is 0.769. The predicted octanol–water partition coefficient (Wildman–Crippen LogP) is 5.02. The van der Waals surface area contributed by atoms with Gasteiger partial charge in [-0.05, 0) is 97.7 Å². The van der Waals surface area contributed by atoms with Crippen LogP contribution in [0, 0.1) is 46.3 Å². The Bertz CT molecular complexity index is 504. The number of rotatable bonds is 2. The van der Waals surface area contributed by atoms with E-state index in [9.17, 15) is 10.2 Å². The summed E-state index contributed by atoms with van der Waals surface area (Å²) in [5.74, 6) is 4.38. The molecule has 5 unspecified atom stereocenters. The molecule has 0 spiro atoms. The zero-order valence-corrected chi connectivity index (χ0v) is 16.9. The molecule has 0 saturated heterocycles. The van der Waals surface area contributed by atoms with Crippen molar-refractivity contribution in [2.75, 3.05) is 0 Å². The highest BCUT2D eigenvalue weighted by molar-refractivity contribution is 5.11. The van der Waals surface area contributed by atoms with Crippen LogP contribution < -0.4 is 0 Å². The highest BCUT2D eigenvalue weighted by atomic mass is 16.3. The van der Waals surface area contributed by atoms with Crippen LogP contribution in [0.4, 0.5) is 0 Å². The van der Waals surface area contributed by atoms with Crippen molar-refractivity contribution < 1.29 is 10.2 Å². The van der Waals surface area contributed by atoms with E-state index in [4.69, 9.17) is 0 Å². The van der Waals surface area contributed by atoms with E-state index >= 15 is 0 Å². The van der Waals surface area contributed by atoms with Crippen LogP contribution in [0.5, 0.6) is 0 Å². The van der Waals surface area contributed by atoms with Gasteiger partial charge >= 0.3 is 0 Å². The van der Waals surface area contributed by atoms with Gasteiger partial charge < -0.3 is 10.2 Å². The molecule has 0 aromatic heterocycles. The van der Waals surface area contributed by atoms with Gasteiger partial charge in [-0.15, -0.1) is 0 Å². The summed E-state index contributed by atoms with van der Waals surface area (Å²) < 4.78 is 0. The number of fused-ring (bicyclic) bond motifs is 5. The summed E-state index contributed by atoms with van der Waals surface area (Å²) in [4.78, 5) is 0. The normalized spacial score (nSPS) is 56.6. The van der Waals surface area contributed by atoms with Gasteiger partial charge in [0.25, 0.3) is 0 Å². The van der Waals surface area contributed by atoms with Gasteiger partial charge in [0.1, 0.15) is 0 Å². The van der Waals surface area contributed by atoms with E-state index in [0.29, 0.717) is 11.3 Å².